The van der Waals surface area contributed by atoms with E-state index in [0.29, 0.717) is 17.5 Å². The van der Waals surface area contributed by atoms with E-state index < -0.39 is 6.10 Å². The Kier molecular flexibility index (Phi) is 4.27. The number of halogens is 1. The molecule has 5 heteroatoms. The third-order valence-electron chi connectivity index (χ3n) is 3.09. The van der Waals surface area contributed by atoms with Gasteiger partial charge in [-0.05, 0) is 30.5 Å². The molecule has 1 N–H and O–H groups in total. The van der Waals surface area contributed by atoms with Crippen LogP contribution in [0.2, 0.25) is 0 Å². The summed E-state index contributed by atoms with van der Waals surface area (Å²) in [7, 11) is 0. The molecular formula is C14H18FN3O. The first-order valence-corrected chi connectivity index (χ1v) is 6.42. The van der Waals surface area contributed by atoms with Gasteiger partial charge in [-0.25, -0.2) is 9.37 Å². The third kappa shape index (κ3) is 3.17. The van der Waals surface area contributed by atoms with Gasteiger partial charge in [0, 0.05) is 13.0 Å². The maximum atomic E-state index is 13.5. The van der Waals surface area contributed by atoms with E-state index in [1.54, 1.807) is 23.7 Å². The highest BCUT2D eigenvalue weighted by atomic mass is 19.1. The summed E-state index contributed by atoms with van der Waals surface area (Å²) < 4.78 is 15.2. The molecule has 0 aliphatic carbocycles. The molecule has 1 aromatic carbocycles. The van der Waals surface area contributed by atoms with Crippen molar-refractivity contribution < 1.29 is 9.50 Å². The summed E-state index contributed by atoms with van der Waals surface area (Å²) in [5, 5.41) is 14.3. The lowest BCUT2D eigenvalue weighted by atomic mass is 10.0. The van der Waals surface area contributed by atoms with Gasteiger partial charge in [-0.15, -0.1) is 0 Å². The molecule has 1 heterocycles. The molecule has 2 aromatic rings. The van der Waals surface area contributed by atoms with Crippen LogP contribution < -0.4 is 0 Å². The maximum Gasteiger partial charge on any atom is 0.138 e. The molecule has 0 aliphatic rings. The smallest absolute Gasteiger partial charge is 0.138 e. The van der Waals surface area contributed by atoms with Gasteiger partial charge < -0.3 is 5.11 Å². The summed E-state index contributed by atoms with van der Waals surface area (Å²) in [5.41, 5.74) is 1.14. The zero-order chi connectivity index (χ0) is 13.8. The molecule has 1 atom stereocenters. The number of aromatic nitrogens is 3. The third-order valence-corrected chi connectivity index (χ3v) is 3.09. The van der Waals surface area contributed by atoms with Crippen LogP contribution in [0.1, 0.15) is 36.4 Å². The van der Waals surface area contributed by atoms with Crippen molar-refractivity contribution in [3.63, 3.8) is 0 Å². The van der Waals surface area contributed by atoms with Crippen molar-refractivity contribution in [3.05, 3.63) is 47.3 Å². The highest BCUT2D eigenvalue weighted by molar-refractivity contribution is 5.25. The number of benzene rings is 1. The Labute approximate surface area is 111 Å². The summed E-state index contributed by atoms with van der Waals surface area (Å²) in [4.78, 5) is 4.14. The van der Waals surface area contributed by atoms with Crippen molar-refractivity contribution in [1.29, 1.82) is 0 Å². The van der Waals surface area contributed by atoms with Gasteiger partial charge in [-0.2, -0.15) is 5.10 Å². The Balaban J connectivity index is 2.13. The van der Waals surface area contributed by atoms with Gasteiger partial charge in [-0.1, -0.05) is 19.1 Å². The molecule has 0 fully saturated rings. The second kappa shape index (κ2) is 5.93. The van der Waals surface area contributed by atoms with Crippen molar-refractivity contribution in [1.82, 2.24) is 14.8 Å². The molecule has 2 rings (SSSR count). The van der Waals surface area contributed by atoms with Crippen LogP contribution in [0.3, 0.4) is 0 Å². The van der Waals surface area contributed by atoms with E-state index in [1.807, 2.05) is 0 Å². The van der Waals surface area contributed by atoms with E-state index in [9.17, 15) is 9.50 Å². The average Bonchev–Trinajstić information content (AvgIpc) is 2.80. The highest BCUT2D eigenvalue weighted by Crippen LogP contribution is 2.19. The number of nitrogens with zero attached hydrogens (tertiary/aromatic N) is 3. The number of hydrogen-bond donors (Lipinski definition) is 1. The minimum Gasteiger partial charge on any atom is -0.388 e. The fraction of sp³-hybridized carbons (Fsp3) is 0.429. The van der Waals surface area contributed by atoms with E-state index in [1.165, 1.54) is 12.4 Å². The quantitative estimate of drug-likeness (QED) is 0.901. The normalized spacial score (nSPS) is 12.6. The molecule has 0 spiro atoms. The van der Waals surface area contributed by atoms with Crippen molar-refractivity contribution in [3.8, 4) is 0 Å². The van der Waals surface area contributed by atoms with Crippen LogP contribution >= 0.6 is 0 Å². The van der Waals surface area contributed by atoms with E-state index >= 15 is 0 Å². The molecular weight excluding hydrogens is 245 g/mol. The van der Waals surface area contributed by atoms with Crippen LogP contribution in [0.5, 0.6) is 0 Å². The largest absolute Gasteiger partial charge is 0.388 e. The van der Waals surface area contributed by atoms with E-state index in [0.717, 1.165) is 18.8 Å². The molecule has 4 nitrogen and oxygen atoms in total. The summed E-state index contributed by atoms with van der Waals surface area (Å²) in [6, 6.07) is 4.79. The lowest BCUT2D eigenvalue weighted by molar-refractivity contribution is 0.173. The average molecular weight is 263 g/mol. The van der Waals surface area contributed by atoms with Gasteiger partial charge in [0.1, 0.15) is 18.0 Å². The molecule has 0 aliphatic heterocycles. The number of aliphatic hydroxyl groups excluding tert-OH is 1. The van der Waals surface area contributed by atoms with Crippen LogP contribution in [-0.4, -0.2) is 19.9 Å². The van der Waals surface area contributed by atoms with Crippen LogP contribution in [0.4, 0.5) is 4.39 Å². The Morgan fingerprint density at radius 1 is 1.42 bits per heavy atom. The summed E-state index contributed by atoms with van der Waals surface area (Å²) in [6.07, 6.45) is 2.00. The molecule has 0 bridgehead atoms. The number of rotatable bonds is 5. The van der Waals surface area contributed by atoms with E-state index in [4.69, 9.17) is 0 Å². The minimum absolute atomic E-state index is 0.299. The Bertz CT molecular complexity index is 553. The van der Waals surface area contributed by atoms with Gasteiger partial charge in [0.2, 0.25) is 0 Å². The SMILES string of the molecule is CCCn1ncnc1CC(O)c1ccc(C)c(F)c1. The fourth-order valence-electron chi connectivity index (χ4n) is 1.95. The standard InChI is InChI=1S/C14H18FN3O/c1-3-6-18-14(16-9-17-18)8-13(19)11-5-4-10(2)12(15)7-11/h4-5,7,9,13,19H,3,6,8H2,1-2H3. The molecule has 102 valence electrons. The van der Waals surface area contributed by atoms with E-state index in [2.05, 4.69) is 17.0 Å². The van der Waals surface area contributed by atoms with Crippen molar-refractivity contribution in [2.24, 2.45) is 0 Å². The number of aliphatic hydroxyl groups is 1. The summed E-state index contributed by atoms with van der Waals surface area (Å²) in [5.74, 6) is 0.418. The molecule has 0 amide bonds. The van der Waals surface area contributed by atoms with Gasteiger partial charge >= 0.3 is 0 Å². The Morgan fingerprint density at radius 3 is 2.89 bits per heavy atom. The Hall–Kier alpha value is -1.75. The van der Waals surface area contributed by atoms with Gasteiger partial charge in [-0.3, -0.25) is 4.68 Å². The molecule has 19 heavy (non-hydrogen) atoms. The fourth-order valence-corrected chi connectivity index (χ4v) is 1.95. The minimum atomic E-state index is -0.769. The Morgan fingerprint density at radius 2 is 2.21 bits per heavy atom. The lowest BCUT2D eigenvalue weighted by Crippen LogP contribution is -2.10. The zero-order valence-corrected chi connectivity index (χ0v) is 11.2. The number of hydrogen-bond acceptors (Lipinski definition) is 3. The molecule has 0 saturated carbocycles. The molecule has 0 radical (unpaired) electrons. The van der Waals surface area contributed by atoms with Crippen LogP contribution in [0.15, 0.2) is 24.5 Å². The first kappa shape index (κ1) is 13.7. The van der Waals surface area contributed by atoms with E-state index in [-0.39, 0.29) is 5.82 Å². The number of aryl methyl sites for hydroxylation is 2. The second-order valence-electron chi connectivity index (χ2n) is 4.63. The molecule has 0 saturated heterocycles. The molecule has 1 aromatic heterocycles. The first-order valence-electron chi connectivity index (χ1n) is 6.42. The van der Waals surface area contributed by atoms with Crippen LogP contribution in [0.25, 0.3) is 0 Å². The summed E-state index contributed by atoms with van der Waals surface area (Å²) >= 11 is 0. The molecule has 1 unspecified atom stereocenters. The maximum absolute atomic E-state index is 13.5. The lowest BCUT2D eigenvalue weighted by Gasteiger charge is -2.12. The predicted octanol–water partition coefficient (Wildman–Crippen LogP) is 2.41. The van der Waals surface area contributed by atoms with Crippen molar-refractivity contribution in [2.75, 3.05) is 0 Å². The van der Waals surface area contributed by atoms with Crippen molar-refractivity contribution in [2.45, 2.75) is 39.3 Å². The topological polar surface area (TPSA) is 50.9 Å². The monoisotopic (exact) mass is 263 g/mol. The van der Waals surface area contributed by atoms with Gasteiger partial charge in [0.15, 0.2) is 0 Å². The van der Waals surface area contributed by atoms with Crippen LogP contribution in [-0.2, 0) is 13.0 Å². The highest BCUT2D eigenvalue weighted by Gasteiger charge is 2.14. The first-order chi connectivity index (χ1) is 9.11. The predicted molar refractivity (Wildman–Crippen MR) is 70.1 cm³/mol. The zero-order valence-electron chi connectivity index (χ0n) is 11.2. The van der Waals surface area contributed by atoms with Crippen molar-refractivity contribution >= 4 is 0 Å². The van der Waals surface area contributed by atoms with Gasteiger partial charge in [0.25, 0.3) is 0 Å². The van der Waals surface area contributed by atoms with Crippen LogP contribution in [0, 0.1) is 12.7 Å². The van der Waals surface area contributed by atoms with Gasteiger partial charge in [0.05, 0.1) is 6.10 Å². The summed E-state index contributed by atoms with van der Waals surface area (Å²) in [6.45, 7) is 4.52. The second-order valence-corrected chi connectivity index (χ2v) is 4.63.